The van der Waals surface area contributed by atoms with Crippen LogP contribution >= 0.6 is 11.6 Å². The van der Waals surface area contributed by atoms with Crippen molar-refractivity contribution in [2.24, 2.45) is 5.73 Å². The van der Waals surface area contributed by atoms with Crippen LogP contribution in [0.25, 0.3) is 0 Å². The fraction of sp³-hybridized carbons (Fsp3) is 0.300. The molecule has 1 aliphatic rings. The molecule has 0 saturated heterocycles. The van der Waals surface area contributed by atoms with E-state index in [0.29, 0.717) is 5.02 Å². The van der Waals surface area contributed by atoms with Crippen LogP contribution in [0.1, 0.15) is 22.3 Å². The number of nitrogens with two attached hydrogens (primary N) is 1. The summed E-state index contributed by atoms with van der Waals surface area (Å²) in [7, 11) is 0. The van der Waals surface area contributed by atoms with Crippen molar-refractivity contribution in [3.05, 3.63) is 34.3 Å². The van der Waals surface area contributed by atoms with E-state index in [4.69, 9.17) is 17.3 Å². The molecule has 0 aromatic heterocycles. The van der Waals surface area contributed by atoms with E-state index >= 15 is 0 Å². The molecule has 0 spiro atoms. The fourth-order valence-corrected chi connectivity index (χ4v) is 1.85. The van der Waals surface area contributed by atoms with Crippen molar-refractivity contribution in [1.82, 2.24) is 0 Å². The maximum Gasteiger partial charge on any atom is 0.179 e. The van der Waals surface area contributed by atoms with Gasteiger partial charge in [0.2, 0.25) is 0 Å². The second-order valence-electron chi connectivity index (χ2n) is 3.31. The number of aryl methyl sites for hydroxylation is 1. The van der Waals surface area contributed by atoms with Gasteiger partial charge in [0.05, 0.1) is 6.04 Å². The highest BCUT2D eigenvalue weighted by atomic mass is 35.5. The quantitative estimate of drug-likeness (QED) is 0.686. The summed E-state index contributed by atoms with van der Waals surface area (Å²) in [6.07, 6.45) is 1.58. The van der Waals surface area contributed by atoms with Crippen molar-refractivity contribution in [2.45, 2.75) is 18.9 Å². The molecule has 0 heterocycles. The van der Waals surface area contributed by atoms with E-state index in [-0.39, 0.29) is 11.8 Å². The van der Waals surface area contributed by atoms with Crippen LogP contribution in [0.5, 0.6) is 0 Å². The zero-order chi connectivity index (χ0) is 9.42. The lowest BCUT2D eigenvalue weighted by Gasteiger charge is -2.19. The molecule has 1 aromatic carbocycles. The molecule has 0 bridgehead atoms. The van der Waals surface area contributed by atoms with Crippen molar-refractivity contribution in [3.63, 3.8) is 0 Å². The molecule has 0 aliphatic heterocycles. The van der Waals surface area contributed by atoms with Crippen molar-refractivity contribution >= 4 is 17.4 Å². The van der Waals surface area contributed by atoms with Crippen LogP contribution in [-0.4, -0.2) is 11.8 Å². The number of halogens is 1. The summed E-state index contributed by atoms with van der Waals surface area (Å²) in [5.74, 6) is 0.0397. The van der Waals surface area contributed by atoms with Crippen molar-refractivity contribution < 1.29 is 4.79 Å². The van der Waals surface area contributed by atoms with Crippen LogP contribution < -0.4 is 5.73 Å². The van der Waals surface area contributed by atoms with E-state index in [1.165, 1.54) is 0 Å². The van der Waals surface area contributed by atoms with Gasteiger partial charge in [0.25, 0.3) is 0 Å². The molecule has 1 aliphatic carbocycles. The molecule has 1 unspecified atom stereocenters. The first-order chi connectivity index (χ1) is 6.18. The van der Waals surface area contributed by atoms with Gasteiger partial charge in [0, 0.05) is 10.6 Å². The largest absolute Gasteiger partial charge is 0.321 e. The summed E-state index contributed by atoms with van der Waals surface area (Å²) in [4.78, 5) is 11.6. The molecule has 2 rings (SSSR count). The monoisotopic (exact) mass is 195 g/mol. The van der Waals surface area contributed by atoms with Gasteiger partial charge in [-0.25, -0.2) is 0 Å². The molecule has 3 heteroatoms. The number of carbonyl (C=O) groups is 1. The van der Waals surface area contributed by atoms with Crippen LogP contribution in [0, 0.1) is 0 Å². The van der Waals surface area contributed by atoms with Gasteiger partial charge in [-0.05, 0) is 36.6 Å². The Labute approximate surface area is 81.7 Å². The van der Waals surface area contributed by atoms with E-state index in [1.807, 2.05) is 6.07 Å². The van der Waals surface area contributed by atoms with Gasteiger partial charge in [-0.15, -0.1) is 0 Å². The maximum absolute atomic E-state index is 11.6. The number of rotatable bonds is 0. The average molecular weight is 196 g/mol. The molecular formula is C10H10ClNO. The zero-order valence-electron chi connectivity index (χ0n) is 7.09. The van der Waals surface area contributed by atoms with Gasteiger partial charge in [-0.2, -0.15) is 0 Å². The Morgan fingerprint density at radius 3 is 3.00 bits per heavy atom. The lowest BCUT2D eigenvalue weighted by atomic mass is 9.88. The minimum Gasteiger partial charge on any atom is -0.321 e. The number of hydrogen-bond donors (Lipinski definition) is 1. The summed E-state index contributed by atoms with van der Waals surface area (Å²) in [6.45, 7) is 0. The van der Waals surface area contributed by atoms with E-state index in [2.05, 4.69) is 0 Å². The first kappa shape index (κ1) is 8.73. The Hall–Kier alpha value is -0.860. The maximum atomic E-state index is 11.6. The van der Waals surface area contributed by atoms with Crippen molar-refractivity contribution in [1.29, 1.82) is 0 Å². The van der Waals surface area contributed by atoms with Crippen LogP contribution in [0.15, 0.2) is 18.2 Å². The highest BCUT2D eigenvalue weighted by molar-refractivity contribution is 6.30. The summed E-state index contributed by atoms with van der Waals surface area (Å²) < 4.78 is 0. The third kappa shape index (κ3) is 1.47. The predicted molar refractivity (Wildman–Crippen MR) is 52.1 cm³/mol. The second kappa shape index (κ2) is 3.13. The highest BCUT2D eigenvalue weighted by Gasteiger charge is 2.23. The number of fused-ring (bicyclic) bond motifs is 1. The van der Waals surface area contributed by atoms with Gasteiger partial charge in [-0.1, -0.05) is 11.6 Å². The van der Waals surface area contributed by atoms with Gasteiger partial charge in [-0.3, -0.25) is 4.79 Å². The normalized spacial score (nSPS) is 21.4. The fourth-order valence-electron chi connectivity index (χ4n) is 1.65. The Balaban J connectivity index is 2.50. The molecule has 0 saturated carbocycles. The Morgan fingerprint density at radius 1 is 1.46 bits per heavy atom. The SMILES string of the molecule is NC1CCc2cc(Cl)ccc2C1=O. The zero-order valence-corrected chi connectivity index (χ0v) is 7.84. The van der Waals surface area contributed by atoms with Gasteiger partial charge < -0.3 is 5.73 Å². The second-order valence-corrected chi connectivity index (χ2v) is 3.75. The highest BCUT2D eigenvalue weighted by Crippen LogP contribution is 2.23. The first-order valence-electron chi connectivity index (χ1n) is 4.26. The molecule has 2 N–H and O–H groups in total. The molecule has 2 nitrogen and oxygen atoms in total. The minimum absolute atomic E-state index is 0.0397. The molecule has 13 heavy (non-hydrogen) atoms. The predicted octanol–water partition coefficient (Wildman–Crippen LogP) is 1.80. The van der Waals surface area contributed by atoms with E-state index in [1.54, 1.807) is 12.1 Å². The van der Waals surface area contributed by atoms with Crippen LogP contribution in [-0.2, 0) is 6.42 Å². The average Bonchev–Trinajstić information content (AvgIpc) is 2.12. The van der Waals surface area contributed by atoms with Crippen LogP contribution in [0.2, 0.25) is 5.02 Å². The molecule has 0 radical (unpaired) electrons. The third-order valence-electron chi connectivity index (χ3n) is 2.39. The Kier molecular flexibility index (Phi) is 2.10. The van der Waals surface area contributed by atoms with Crippen LogP contribution in [0.4, 0.5) is 0 Å². The van der Waals surface area contributed by atoms with Crippen molar-refractivity contribution in [3.8, 4) is 0 Å². The minimum atomic E-state index is -0.325. The summed E-state index contributed by atoms with van der Waals surface area (Å²) >= 11 is 5.82. The van der Waals surface area contributed by atoms with Gasteiger partial charge in [0.15, 0.2) is 5.78 Å². The number of benzene rings is 1. The van der Waals surface area contributed by atoms with Crippen LogP contribution in [0.3, 0.4) is 0 Å². The summed E-state index contributed by atoms with van der Waals surface area (Å²) in [5, 5.41) is 0.682. The summed E-state index contributed by atoms with van der Waals surface area (Å²) in [5.41, 5.74) is 7.41. The van der Waals surface area contributed by atoms with Gasteiger partial charge in [0.1, 0.15) is 0 Å². The number of ketones is 1. The molecule has 68 valence electrons. The number of carbonyl (C=O) groups excluding carboxylic acids is 1. The molecule has 1 aromatic rings. The topological polar surface area (TPSA) is 43.1 Å². The smallest absolute Gasteiger partial charge is 0.179 e. The number of hydrogen-bond acceptors (Lipinski definition) is 2. The lowest BCUT2D eigenvalue weighted by molar-refractivity contribution is 0.0948. The standard InChI is InChI=1S/C10H10ClNO/c11-7-2-3-8-6(5-7)1-4-9(12)10(8)13/h2-3,5,9H,1,4,12H2. The summed E-state index contributed by atoms with van der Waals surface area (Å²) in [6, 6.07) is 5.02. The van der Waals surface area contributed by atoms with E-state index in [0.717, 1.165) is 24.0 Å². The number of Topliss-reactive ketones (excluding diaryl/α,β-unsaturated/α-hetero) is 1. The van der Waals surface area contributed by atoms with E-state index < -0.39 is 0 Å². The van der Waals surface area contributed by atoms with E-state index in [9.17, 15) is 4.79 Å². The molecule has 0 amide bonds. The van der Waals surface area contributed by atoms with Crippen molar-refractivity contribution in [2.75, 3.05) is 0 Å². The first-order valence-corrected chi connectivity index (χ1v) is 4.64. The Morgan fingerprint density at radius 2 is 2.23 bits per heavy atom. The molecule has 0 fully saturated rings. The van der Waals surface area contributed by atoms with Gasteiger partial charge >= 0.3 is 0 Å². The Bertz CT molecular complexity index is 362. The lowest BCUT2D eigenvalue weighted by Crippen LogP contribution is -2.35. The molecule has 1 atom stereocenters. The molecular weight excluding hydrogens is 186 g/mol. The third-order valence-corrected chi connectivity index (χ3v) is 2.63.